The summed E-state index contributed by atoms with van der Waals surface area (Å²) in [6, 6.07) is 5.12. The number of piperidine rings is 1. The van der Waals surface area contributed by atoms with Gasteiger partial charge in [-0.05, 0) is 43.4 Å². The fourth-order valence-corrected chi connectivity index (χ4v) is 5.32. The minimum atomic E-state index is -3.66. The highest BCUT2D eigenvalue weighted by Gasteiger charge is 2.29. The second kappa shape index (κ2) is 10.5. The zero-order valence-corrected chi connectivity index (χ0v) is 17.5. The van der Waals surface area contributed by atoms with Crippen LogP contribution in [-0.2, 0) is 19.6 Å². The quantitative estimate of drug-likeness (QED) is 0.680. The number of rotatable bonds is 8. The van der Waals surface area contributed by atoms with E-state index >= 15 is 0 Å². The highest BCUT2D eigenvalue weighted by atomic mass is 32.2. The Labute approximate surface area is 172 Å². The molecule has 3 rings (SSSR count). The number of amides is 1. The second-order valence-corrected chi connectivity index (χ2v) is 9.59. The molecule has 2 aliphatic heterocycles. The minimum Gasteiger partial charge on any atom is -0.379 e. The monoisotopic (exact) mass is 427 g/mol. The van der Waals surface area contributed by atoms with Gasteiger partial charge < -0.3 is 10.1 Å². The van der Waals surface area contributed by atoms with E-state index in [-0.39, 0.29) is 10.8 Å². The third kappa shape index (κ3) is 6.47. The fourth-order valence-electron chi connectivity index (χ4n) is 3.82. The maximum Gasteiger partial charge on any atom is 0.243 e. The first kappa shape index (κ1) is 22.1. The van der Waals surface area contributed by atoms with Gasteiger partial charge in [0.05, 0.1) is 18.1 Å². The topological polar surface area (TPSA) is 79.0 Å². The first-order valence-corrected chi connectivity index (χ1v) is 11.7. The van der Waals surface area contributed by atoms with Crippen LogP contribution in [0.25, 0.3) is 0 Å². The van der Waals surface area contributed by atoms with E-state index in [9.17, 15) is 17.6 Å². The summed E-state index contributed by atoms with van der Waals surface area (Å²) < 4.78 is 45.4. The molecular weight excluding hydrogens is 397 g/mol. The van der Waals surface area contributed by atoms with Crippen LogP contribution in [0.5, 0.6) is 0 Å². The van der Waals surface area contributed by atoms with Gasteiger partial charge in [-0.1, -0.05) is 6.07 Å². The summed E-state index contributed by atoms with van der Waals surface area (Å²) in [6.45, 7) is 5.61. The Morgan fingerprint density at radius 1 is 1.17 bits per heavy atom. The number of hydrogen-bond acceptors (Lipinski definition) is 5. The summed E-state index contributed by atoms with van der Waals surface area (Å²) in [7, 11) is -3.66. The number of morpholine rings is 1. The predicted molar refractivity (Wildman–Crippen MR) is 107 cm³/mol. The maximum absolute atomic E-state index is 13.4. The van der Waals surface area contributed by atoms with Gasteiger partial charge in [0, 0.05) is 45.7 Å². The third-order valence-electron chi connectivity index (χ3n) is 5.64. The molecule has 9 heteroatoms. The van der Waals surface area contributed by atoms with E-state index in [1.54, 1.807) is 0 Å². The lowest BCUT2D eigenvalue weighted by Gasteiger charge is -2.31. The molecule has 1 N–H and O–H groups in total. The molecule has 0 aliphatic carbocycles. The van der Waals surface area contributed by atoms with Gasteiger partial charge in [0.15, 0.2) is 0 Å². The molecule has 1 amide bonds. The number of benzene rings is 1. The van der Waals surface area contributed by atoms with E-state index in [0.29, 0.717) is 32.0 Å². The molecule has 2 saturated heterocycles. The molecule has 0 atom stereocenters. The number of halogens is 1. The minimum absolute atomic E-state index is 0.00408. The van der Waals surface area contributed by atoms with Crippen molar-refractivity contribution in [3.63, 3.8) is 0 Å². The Morgan fingerprint density at radius 3 is 2.59 bits per heavy atom. The summed E-state index contributed by atoms with van der Waals surface area (Å²) in [4.78, 5) is 14.3. The van der Waals surface area contributed by atoms with Crippen LogP contribution in [0.1, 0.15) is 25.7 Å². The van der Waals surface area contributed by atoms with Crippen LogP contribution >= 0.6 is 0 Å². The second-order valence-electron chi connectivity index (χ2n) is 7.65. The number of carbonyl (C=O) groups excluding carboxylic acids is 1. The van der Waals surface area contributed by atoms with E-state index < -0.39 is 15.8 Å². The molecule has 0 bridgehead atoms. The third-order valence-corrected chi connectivity index (χ3v) is 7.54. The lowest BCUT2D eigenvalue weighted by atomic mass is 9.93. The lowest BCUT2D eigenvalue weighted by molar-refractivity contribution is -0.121. The first-order valence-electron chi connectivity index (χ1n) is 10.3. The van der Waals surface area contributed by atoms with Crippen molar-refractivity contribution in [1.82, 2.24) is 14.5 Å². The van der Waals surface area contributed by atoms with Crippen LogP contribution < -0.4 is 5.32 Å². The van der Waals surface area contributed by atoms with Crippen LogP contribution in [0.2, 0.25) is 0 Å². The van der Waals surface area contributed by atoms with Crippen molar-refractivity contribution in [2.24, 2.45) is 5.92 Å². The van der Waals surface area contributed by atoms with Gasteiger partial charge in [-0.25, -0.2) is 12.8 Å². The van der Waals surface area contributed by atoms with E-state index in [1.165, 1.54) is 22.5 Å². The van der Waals surface area contributed by atoms with Crippen molar-refractivity contribution in [3.05, 3.63) is 30.1 Å². The predicted octanol–water partition coefficient (Wildman–Crippen LogP) is 1.46. The molecule has 0 unspecified atom stereocenters. The van der Waals surface area contributed by atoms with Crippen LogP contribution in [0.3, 0.4) is 0 Å². The normalized spacial score (nSPS) is 19.9. The molecule has 1 aromatic carbocycles. The van der Waals surface area contributed by atoms with Crippen molar-refractivity contribution < 1.29 is 22.3 Å². The van der Waals surface area contributed by atoms with Crippen LogP contribution in [-0.4, -0.2) is 76.0 Å². The van der Waals surface area contributed by atoms with Crippen molar-refractivity contribution in [2.45, 2.75) is 30.6 Å². The summed E-state index contributed by atoms with van der Waals surface area (Å²) >= 11 is 0. The number of carbonyl (C=O) groups is 1. The molecule has 0 spiro atoms. The molecule has 162 valence electrons. The highest BCUT2D eigenvalue weighted by Crippen LogP contribution is 2.26. The van der Waals surface area contributed by atoms with Gasteiger partial charge in [-0.3, -0.25) is 9.69 Å². The van der Waals surface area contributed by atoms with Crippen molar-refractivity contribution >= 4 is 15.9 Å². The number of hydrogen-bond donors (Lipinski definition) is 1. The fraction of sp³-hybridized carbons (Fsp3) is 0.650. The molecule has 2 heterocycles. The molecule has 2 fully saturated rings. The van der Waals surface area contributed by atoms with E-state index in [2.05, 4.69) is 10.2 Å². The van der Waals surface area contributed by atoms with Gasteiger partial charge in [-0.15, -0.1) is 0 Å². The molecular formula is C20H30FN3O4S. The van der Waals surface area contributed by atoms with Crippen molar-refractivity contribution in [1.29, 1.82) is 0 Å². The highest BCUT2D eigenvalue weighted by molar-refractivity contribution is 7.89. The summed E-state index contributed by atoms with van der Waals surface area (Å²) in [6.07, 6.45) is 2.66. The zero-order valence-electron chi connectivity index (χ0n) is 16.7. The summed E-state index contributed by atoms with van der Waals surface area (Å²) in [5.74, 6) is -0.174. The Hall–Kier alpha value is -1.55. The molecule has 0 saturated carbocycles. The van der Waals surface area contributed by atoms with Gasteiger partial charge in [-0.2, -0.15) is 4.31 Å². The van der Waals surface area contributed by atoms with E-state index in [0.717, 1.165) is 58.2 Å². The van der Waals surface area contributed by atoms with Crippen LogP contribution in [0, 0.1) is 11.7 Å². The molecule has 1 aromatic rings. The van der Waals surface area contributed by atoms with Crippen LogP contribution in [0.4, 0.5) is 4.39 Å². The van der Waals surface area contributed by atoms with Gasteiger partial charge in [0.25, 0.3) is 0 Å². The smallest absolute Gasteiger partial charge is 0.243 e. The Kier molecular flexibility index (Phi) is 7.99. The largest absolute Gasteiger partial charge is 0.379 e. The Balaban J connectivity index is 1.35. The standard InChI is InChI=1S/C20H30FN3O4S/c21-18-2-1-3-19(16-18)29(26,27)24-9-6-17(7-10-24)4-5-20(25)22-8-11-23-12-14-28-15-13-23/h1-3,16-17H,4-15H2,(H,22,25). The lowest BCUT2D eigenvalue weighted by Crippen LogP contribution is -2.41. The molecule has 29 heavy (non-hydrogen) atoms. The molecule has 7 nitrogen and oxygen atoms in total. The van der Waals surface area contributed by atoms with Gasteiger partial charge >= 0.3 is 0 Å². The van der Waals surface area contributed by atoms with Crippen molar-refractivity contribution in [2.75, 3.05) is 52.5 Å². The average molecular weight is 428 g/mol. The zero-order chi connectivity index (χ0) is 20.7. The number of ether oxygens (including phenoxy) is 1. The van der Waals surface area contributed by atoms with Crippen LogP contribution in [0.15, 0.2) is 29.2 Å². The molecule has 0 aromatic heterocycles. The Morgan fingerprint density at radius 2 is 1.90 bits per heavy atom. The van der Waals surface area contributed by atoms with Crippen molar-refractivity contribution in [3.8, 4) is 0 Å². The average Bonchev–Trinajstić information content (AvgIpc) is 2.73. The number of sulfonamides is 1. The SMILES string of the molecule is O=C(CCC1CCN(S(=O)(=O)c2cccc(F)c2)CC1)NCCN1CCOCC1. The maximum atomic E-state index is 13.4. The number of nitrogens with zero attached hydrogens (tertiary/aromatic N) is 2. The first-order chi connectivity index (χ1) is 13.9. The molecule has 0 radical (unpaired) electrons. The van der Waals surface area contributed by atoms with E-state index in [1.807, 2.05) is 0 Å². The van der Waals surface area contributed by atoms with E-state index in [4.69, 9.17) is 4.74 Å². The summed E-state index contributed by atoms with van der Waals surface area (Å²) in [5, 5.41) is 2.97. The molecule has 2 aliphatic rings. The van der Waals surface area contributed by atoms with Gasteiger partial charge in [0.1, 0.15) is 5.82 Å². The number of nitrogens with one attached hydrogen (secondary N) is 1. The summed E-state index contributed by atoms with van der Waals surface area (Å²) in [5.41, 5.74) is 0. The van der Waals surface area contributed by atoms with Gasteiger partial charge in [0.2, 0.25) is 15.9 Å². The Bertz CT molecular complexity index is 776.